The number of hydrogen-bond donors (Lipinski definition) is 1. The smallest absolute Gasteiger partial charge is 0.0705 e. The van der Waals surface area contributed by atoms with Gasteiger partial charge >= 0.3 is 0 Å². The molecule has 2 heterocycles. The van der Waals surface area contributed by atoms with Crippen molar-refractivity contribution in [1.82, 2.24) is 15.3 Å². The minimum Gasteiger partial charge on any atom is -0.377 e. The fourth-order valence-electron chi connectivity index (χ4n) is 2.68. The molecule has 0 saturated carbocycles. The molecule has 23 heavy (non-hydrogen) atoms. The summed E-state index contributed by atoms with van der Waals surface area (Å²) in [7, 11) is 4.11. The highest BCUT2D eigenvalue weighted by Crippen LogP contribution is 2.16. The van der Waals surface area contributed by atoms with Gasteiger partial charge in [-0.25, -0.2) is 0 Å². The number of anilines is 1. The van der Waals surface area contributed by atoms with E-state index in [1.807, 2.05) is 30.6 Å². The van der Waals surface area contributed by atoms with Crippen molar-refractivity contribution >= 4 is 16.6 Å². The van der Waals surface area contributed by atoms with Gasteiger partial charge in [0.25, 0.3) is 0 Å². The van der Waals surface area contributed by atoms with Crippen LogP contribution in [0.1, 0.15) is 11.3 Å². The third kappa shape index (κ3) is 3.85. The van der Waals surface area contributed by atoms with E-state index in [9.17, 15) is 0 Å². The van der Waals surface area contributed by atoms with E-state index in [-0.39, 0.29) is 0 Å². The van der Waals surface area contributed by atoms with Crippen LogP contribution < -0.4 is 10.2 Å². The van der Waals surface area contributed by atoms with Gasteiger partial charge in [-0.15, -0.1) is 0 Å². The van der Waals surface area contributed by atoms with Crippen molar-refractivity contribution in [3.8, 4) is 0 Å². The zero-order valence-corrected chi connectivity index (χ0v) is 13.7. The van der Waals surface area contributed by atoms with Gasteiger partial charge in [0, 0.05) is 68.3 Å². The summed E-state index contributed by atoms with van der Waals surface area (Å²) >= 11 is 0. The maximum atomic E-state index is 4.70. The molecule has 0 fully saturated rings. The normalized spacial score (nSPS) is 10.9. The second-order valence-corrected chi connectivity index (χ2v) is 5.82. The zero-order valence-electron chi connectivity index (χ0n) is 13.7. The molecule has 1 aromatic carbocycles. The summed E-state index contributed by atoms with van der Waals surface area (Å²) in [4.78, 5) is 11.0. The Bertz CT molecular complexity index is 783. The number of nitrogens with one attached hydrogen (secondary N) is 1. The Morgan fingerprint density at radius 2 is 1.91 bits per heavy atom. The van der Waals surface area contributed by atoms with E-state index in [4.69, 9.17) is 4.98 Å². The molecule has 0 unspecified atom stereocenters. The summed E-state index contributed by atoms with van der Waals surface area (Å²) in [5.41, 5.74) is 4.60. The molecule has 1 N–H and O–H groups in total. The minimum absolute atomic E-state index is 0.814. The van der Waals surface area contributed by atoms with E-state index in [0.29, 0.717) is 0 Å². The second-order valence-electron chi connectivity index (χ2n) is 5.82. The lowest BCUT2D eigenvalue weighted by Crippen LogP contribution is -2.20. The van der Waals surface area contributed by atoms with E-state index in [1.165, 1.54) is 16.6 Å². The molecule has 3 rings (SSSR count). The van der Waals surface area contributed by atoms with Crippen LogP contribution in [0.25, 0.3) is 10.9 Å². The number of benzene rings is 1. The van der Waals surface area contributed by atoms with Gasteiger partial charge in [-0.3, -0.25) is 9.97 Å². The number of rotatable bonds is 6. The second kappa shape index (κ2) is 7.20. The first-order valence-electron chi connectivity index (χ1n) is 7.89. The third-order valence-electron chi connectivity index (χ3n) is 3.89. The Kier molecular flexibility index (Phi) is 4.83. The fourth-order valence-corrected chi connectivity index (χ4v) is 2.68. The molecule has 4 nitrogen and oxygen atoms in total. The molecule has 0 aliphatic rings. The molecular weight excluding hydrogens is 284 g/mol. The van der Waals surface area contributed by atoms with Crippen molar-refractivity contribution < 1.29 is 0 Å². The van der Waals surface area contributed by atoms with Crippen LogP contribution in [0.5, 0.6) is 0 Å². The number of para-hydroxylation sites is 1. The van der Waals surface area contributed by atoms with E-state index < -0.39 is 0 Å². The molecule has 0 aliphatic heterocycles. The van der Waals surface area contributed by atoms with Crippen molar-refractivity contribution in [2.75, 3.05) is 25.5 Å². The van der Waals surface area contributed by atoms with Crippen molar-refractivity contribution in [3.63, 3.8) is 0 Å². The quantitative estimate of drug-likeness (QED) is 0.711. The van der Waals surface area contributed by atoms with Gasteiger partial charge in [-0.2, -0.15) is 0 Å². The van der Waals surface area contributed by atoms with Crippen molar-refractivity contribution in [3.05, 3.63) is 66.1 Å². The largest absolute Gasteiger partial charge is 0.377 e. The zero-order chi connectivity index (χ0) is 16.1. The molecule has 0 bridgehead atoms. The Balaban J connectivity index is 1.57. The Morgan fingerprint density at radius 3 is 2.78 bits per heavy atom. The molecule has 118 valence electrons. The van der Waals surface area contributed by atoms with Crippen LogP contribution in [0.15, 0.2) is 54.9 Å². The lowest BCUT2D eigenvalue weighted by Gasteiger charge is -2.17. The predicted octanol–water partition coefficient (Wildman–Crippen LogP) is 3.03. The van der Waals surface area contributed by atoms with Crippen molar-refractivity contribution in [2.45, 2.75) is 13.0 Å². The number of aromatic nitrogens is 2. The molecule has 4 heteroatoms. The number of hydrogen-bond acceptors (Lipinski definition) is 4. The molecule has 0 radical (unpaired) electrons. The molecule has 0 aliphatic carbocycles. The lowest BCUT2D eigenvalue weighted by atomic mass is 10.2. The molecule has 0 spiro atoms. The summed E-state index contributed by atoms with van der Waals surface area (Å²) in [5.74, 6) is 0. The van der Waals surface area contributed by atoms with Gasteiger partial charge in [-0.1, -0.05) is 24.3 Å². The topological polar surface area (TPSA) is 41.1 Å². The molecule has 0 atom stereocenters. The molecule has 0 saturated heterocycles. The standard InChI is InChI=1S/C19H22N4/c1-23(2)19-10-12-21-14-16(19)13-20-11-9-17-8-7-15-5-3-4-6-18(15)22-17/h3-8,10,12,14,20H,9,11,13H2,1-2H3. The van der Waals surface area contributed by atoms with E-state index in [2.05, 4.69) is 53.6 Å². The van der Waals surface area contributed by atoms with Crippen LogP contribution >= 0.6 is 0 Å². The van der Waals surface area contributed by atoms with E-state index in [0.717, 1.165) is 30.7 Å². The summed E-state index contributed by atoms with van der Waals surface area (Å²) in [6, 6.07) is 14.5. The highest BCUT2D eigenvalue weighted by Gasteiger charge is 2.04. The SMILES string of the molecule is CN(C)c1ccncc1CNCCc1ccc2ccccc2n1. The highest BCUT2D eigenvalue weighted by atomic mass is 15.1. The number of nitrogens with zero attached hydrogens (tertiary/aromatic N) is 3. The average molecular weight is 306 g/mol. The first kappa shape index (κ1) is 15.4. The maximum absolute atomic E-state index is 4.70. The third-order valence-corrected chi connectivity index (χ3v) is 3.89. The summed E-state index contributed by atoms with van der Waals surface area (Å²) < 4.78 is 0. The van der Waals surface area contributed by atoms with Crippen LogP contribution in [0.2, 0.25) is 0 Å². The maximum Gasteiger partial charge on any atom is 0.0705 e. The van der Waals surface area contributed by atoms with Gasteiger partial charge in [0.05, 0.1) is 5.52 Å². The average Bonchev–Trinajstić information content (AvgIpc) is 2.59. The van der Waals surface area contributed by atoms with Crippen LogP contribution in [-0.4, -0.2) is 30.6 Å². The van der Waals surface area contributed by atoms with Crippen molar-refractivity contribution in [1.29, 1.82) is 0 Å². The first-order valence-corrected chi connectivity index (χ1v) is 7.89. The van der Waals surface area contributed by atoms with Crippen LogP contribution in [-0.2, 0) is 13.0 Å². The Labute approximate surface area is 137 Å². The van der Waals surface area contributed by atoms with Gasteiger partial charge in [0.2, 0.25) is 0 Å². The molecule has 0 amide bonds. The summed E-state index contributed by atoms with van der Waals surface area (Å²) in [6.07, 6.45) is 4.68. The minimum atomic E-state index is 0.814. The van der Waals surface area contributed by atoms with Crippen LogP contribution in [0.4, 0.5) is 5.69 Å². The van der Waals surface area contributed by atoms with Gasteiger partial charge in [0.1, 0.15) is 0 Å². The predicted molar refractivity (Wildman–Crippen MR) is 95.7 cm³/mol. The van der Waals surface area contributed by atoms with E-state index in [1.54, 1.807) is 0 Å². The molecule has 3 aromatic rings. The Hall–Kier alpha value is -2.46. The van der Waals surface area contributed by atoms with Crippen LogP contribution in [0, 0.1) is 0 Å². The first-order chi connectivity index (χ1) is 11.2. The summed E-state index contributed by atoms with van der Waals surface area (Å²) in [6.45, 7) is 1.71. The summed E-state index contributed by atoms with van der Waals surface area (Å²) in [5, 5.41) is 4.68. The van der Waals surface area contributed by atoms with Crippen LogP contribution in [0.3, 0.4) is 0 Å². The monoisotopic (exact) mass is 306 g/mol. The fraction of sp³-hybridized carbons (Fsp3) is 0.263. The van der Waals surface area contributed by atoms with Crippen molar-refractivity contribution in [2.24, 2.45) is 0 Å². The number of fused-ring (bicyclic) bond motifs is 1. The van der Waals surface area contributed by atoms with Gasteiger partial charge in [-0.05, 0) is 18.2 Å². The highest BCUT2D eigenvalue weighted by molar-refractivity contribution is 5.78. The Morgan fingerprint density at radius 1 is 1.04 bits per heavy atom. The lowest BCUT2D eigenvalue weighted by molar-refractivity contribution is 0.679. The molecule has 2 aromatic heterocycles. The van der Waals surface area contributed by atoms with Gasteiger partial charge in [0.15, 0.2) is 0 Å². The van der Waals surface area contributed by atoms with E-state index >= 15 is 0 Å². The molecular formula is C19H22N4. The van der Waals surface area contributed by atoms with Gasteiger partial charge < -0.3 is 10.2 Å². The number of pyridine rings is 2.